The van der Waals surface area contributed by atoms with Gasteiger partial charge in [-0.3, -0.25) is 9.69 Å². The van der Waals surface area contributed by atoms with E-state index in [1.165, 1.54) is 19.8 Å². The molecule has 2 aliphatic heterocycles. The number of ketones is 1. The molecule has 29 heavy (non-hydrogen) atoms. The maximum Gasteiger partial charge on any atom is 0.362 e. The number of hydrogen-bond acceptors (Lipinski definition) is 7. The molecule has 1 aromatic carbocycles. The predicted molar refractivity (Wildman–Crippen MR) is 119 cm³/mol. The molecule has 0 aliphatic carbocycles. The van der Waals surface area contributed by atoms with Gasteiger partial charge in [0.2, 0.25) is 0 Å². The average molecular weight is 471 g/mol. The third-order valence-electron chi connectivity index (χ3n) is 4.94. The highest BCUT2D eigenvalue weighted by molar-refractivity contribution is 5.96. The number of Topliss-reactive ketones (excluding diaryl/α,β-unsaturated/α-hetero) is 1. The number of ether oxygens (including phenoxy) is 1. The zero-order valence-electron chi connectivity index (χ0n) is 16.5. The normalized spacial score (nSPS) is 17.8. The molecule has 2 saturated heterocycles. The summed E-state index contributed by atoms with van der Waals surface area (Å²) in [6.45, 7) is 6.66. The number of nitrogens with one attached hydrogen (secondary N) is 1. The maximum absolute atomic E-state index is 12.1. The molecule has 0 amide bonds. The second kappa shape index (κ2) is 14.0. The van der Waals surface area contributed by atoms with Gasteiger partial charge in [0.05, 0.1) is 5.56 Å². The lowest BCUT2D eigenvalue weighted by Crippen LogP contribution is -2.53. The van der Waals surface area contributed by atoms with Gasteiger partial charge in [-0.15, -0.1) is 42.3 Å². The summed E-state index contributed by atoms with van der Waals surface area (Å²) >= 11 is 0. The molecule has 2 heterocycles. The number of rotatable bonds is 6. The van der Waals surface area contributed by atoms with Crippen molar-refractivity contribution in [3.8, 4) is 5.75 Å². The number of benzene rings is 1. The van der Waals surface area contributed by atoms with Crippen molar-refractivity contribution in [1.82, 2.24) is 15.3 Å². The van der Waals surface area contributed by atoms with Crippen LogP contribution in [-0.2, 0) is 9.63 Å². The molecule has 0 aromatic heterocycles. The summed E-state index contributed by atoms with van der Waals surface area (Å²) in [5, 5.41) is 5.09. The van der Waals surface area contributed by atoms with E-state index in [1.54, 1.807) is 29.3 Å². The quantitative estimate of drug-likeness (QED) is 0.640. The standard InChI is InChI=1S/C19H27N3O4.3ClH/c1-15(23)17-4-2-3-5-18(17)25-14-19(24)26-22-12-10-21(11-13-22)16-6-8-20-9-7-16;;;/h2-5,16,20H,6-14H2,1H3;3*1H. The number of para-hydroxylation sites is 1. The van der Waals surface area contributed by atoms with Gasteiger partial charge in [0.15, 0.2) is 12.4 Å². The second-order valence-corrected chi connectivity index (χ2v) is 6.75. The van der Waals surface area contributed by atoms with Gasteiger partial charge in [0, 0.05) is 32.2 Å². The molecule has 2 aliphatic rings. The van der Waals surface area contributed by atoms with Gasteiger partial charge in [-0.1, -0.05) is 12.1 Å². The van der Waals surface area contributed by atoms with E-state index in [0.29, 0.717) is 30.4 Å². The highest BCUT2D eigenvalue weighted by Gasteiger charge is 2.26. The number of halogens is 3. The first kappa shape index (κ1) is 27.9. The van der Waals surface area contributed by atoms with Crippen LogP contribution in [0.5, 0.6) is 5.75 Å². The molecule has 0 bridgehead atoms. The largest absolute Gasteiger partial charge is 0.481 e. The third-order valence-corrected chi connectivity index (χ3v) is 4.94. The molecule has 2 fully saturated rings. The summed E-state index contributed by atoms with van der Waals surface area (Å²) in [4.78, 5) is 31.5. The summed E-state index contributed by atoms with van der Waals surface area (Å²) in [6, 6.07) is 7.54. The van der Waals surface area contributed by atoms with Crippen molar-refractivity contribution >= 4 is 49.0 Å². The van der Waals surface area contributed by atoms with E-state index >= 15 is 0 Å². The summed E-state index contributed by atoms with van der Waals surface area (Å²) in [5.41, 5.74) is 0.468. The lowest BCUT2D eigenvalue weighted by molar-refractivity contribution is -0.201. The number of piperazine rings is 1. The Hall–Kier alpha value is -1.09. The van der Waals surface area contributed by atoms with E-state index in [0.717, 1.165) is 26.2 Å². The van der Waals surface area contributed by atoms with Crippen LogP contribution in [0.15, 0.2) is 24.3 Å². The summed E-state index contributed by atoms with van der Waals surface area (Å²) in [7, 11) is 0. The molecule has 1 N–H and O–H groups in total. The van der Waals surface area contributed by atoms with Gasteiger partial charge in [-0.2, -0.15) is 0 Å². The van der Waals surface area contributed by atoms with E-state index in [4.69, 9.17) is 9.57 Å². The Bertz CT molecular complexity index is 637. The van der Waals surface area contributed by atoms with Gasteiger partial charge >= 0.3 is 5.97 Å². The van der Waals surface area contributed by atoms with E-state index < -0.39 is 5.97 Å². The van der Waals surface area contributed by atoms with E-state index in [2.05, 4.69) is 10.2 Å². The zero-order chi connectivity index (χ0) is 18.4. The van der Waals surface area contributed by atoms with Gasteiger partial charge < -0.3 is 14.9 Å². The van der Waals surface area contributed by atoms with E-state index in [-0.39, 0.29) is 49.6 Å². The first-order valence-electron chi connectivity index (χ1n) is 9.27. The van der Waals surface area contributed by atoms with Crippen LogP contribution in [-0.4, -0.2) is 73.6 Å². The van der Waals surface area contributed by atoms with Crippen LogP contribution in [0.2, 0.25) is 0 Å². The summed E-state index contributed by atoms with van der Waals surface area (Å²) in [5.74, 6) is -0.130. The lowest BCUT2D eigenvalue weighted by Gasteiger charge is -2.39. The number of carbonyl (C=O) groups excluding carboxylic acids is 2. The highest BCUT2D eigenvalue weighted by atomic mass is 35.5. The fraction of sp³-hybridized carbons (Fsp3) is 0.579. The van der Waals surface area contributed by atoms with Crippen molar-refractivity contribution in [1.29, 1.82) is 0 Å². The topological polar surface area (TPSA) is 71.1 Å². The van der Waals surface area contributed by atoms with E-state index in [9.17, 15) is 9.59 Å². The van der Waals surface area contributed by atoms with Crippen LogP contribution < -0.4 is 10.1 Å². The van der Waals surface area contributed by atoms with Crippen LogP contribution in [0, 0.1) is 0 Å². The minimum absolute atomic E-state index is 0. The zero-order valence-corrected chi connectivity index (χ0v) is 19.0. The molecule has 1 aromatic rings. The molecule has 0 unspecified atom stereocenters. The summed E-state index contributed by atoms with van der Waals surface area (Å²) < 4.78 is 5.48. The fourth-order valence-electron chi connectivity index (χ4n) is 3.52. The number of hydrogen-bond donors (Lipinski definition) is 1. The lowest BCUT2D eigenvalue weighted by atomic mass is 10.0. The molecule has 0 saturated carbocycles. The Balaban J connectivity index is 0.00000261. The van der Waals surface area contributed by atoms with Gasteiger partial charge in [-0.25, -0.2) is 4.79 Å². The monoisotopic (exact) mass is 469 g/mol. The molecule has 0 radical (unpaired) electrons. The molecule has 3 rings (SSSR count). The number of carbonyl (C=O) groups is 2. The first-order chi connectivity index (χ1) is 12.6. The molecule has 7 nitrogen and oxygen atoms in total. The Morgan fingerprint density at radius 1 is 1.03 bits per heavy atom. The Labute approximate surface area is 190 Å². The van der Waals surface area contributed by atoms with E-state index in [1.807, 2.05) is 0 Å². The van der Waals surface area contributed by atoms with Gasteiger partial charge in [0.1, 0.15) is 5.75 Å². The predicted octanol–water partition coefficient (Wildman–Crippen LogP) is 2.36. The van der Waals surface area contributed by atoms with Crippen molar-refractivity contribution in [2.75, 3.05) is 45.9 Å². The van der Waals surface area contributed by atoms with Crippen molar-refractivity contribution in [3.63, 3.8) is 0 Å². The van der Waals surface area contributed by atoms with Gasteiger partial charge in [-0.05, 0) is 45.0 Å². The van der Waals surface area contributed by atoms with Gasteiger partial charge in [0.25, 0.3) is 0 Å². The second-order valence-electron chi connectivity index (χ2n) is 6.75. The van der Waals surface area contributed by atoms with Crippen LogP contribution in [0.25, 0.3) is 0 Å². The van der Waals surface area contributed by atoms with Crippen molar-refractivity contribution in [2.24, 2.45) is 0 Å². The maximum atomic E-state index is 12.1. The molecule has 10 heteroatoms. The third kappa shape index (κ3) is 8.28. The van der Waals surface area contributed by atoms with Crippen LogP contribution >= 0.6 is 37.2 Å². The number of hydroxylamine groups is 2. The highest BCUT2D eigenvalue weighted by Crippen LogP contribution is 2.18. The molecule has 0 spiro atoms. The van der Waals surface area contributed by atoms with Crippen LogP contribution in [0.3, 0.4) is 0 Å². The first-order valence-corrected chi connectivity index (χ1v) is 9.27. The van der Waals surface area contributed by atoms with Crippen molar-refractivity contribution in [2.45, 2.75) is 25.8 Å². The molecule has 166 valence electrons. The smallest absolute Gasteiger partial charge is 0.362 e. The van der Waals surface area contributed by atoms with Crippen molar-refractivity contribution in [3.05, 3.63) is 29.8 Å². The number of nitrogens with zero attached hydrogens (tertiary/aromatic N) is 2. The molecular formula is C19H30Cl3N3O4. The summed E-state index contributed by atoms with van der Waals surface area (Å²) in [6.07, 6.45) is 2.37. The Kier molecular flexibility index (Phi) is 13.5. The Morgan fingerprint density at radius 2 is 1.66 bits per heavy atom. The van der Waals surface area contributed by atoms with Crippen molar-refractivity contribution < 1.29 is 19.2 Å². The van der Waals surface area contributed by atoms with Crippen LogP contribution in [0.1, 0.15) is 30.1 Å². The molecule has 0 atom stereocenters. The minimum atomic E-state index is -0.446. The average Bonchev–Trinajstić information content (AvgIpc) is 2.68. The SMILES string of the molecule is CC(=O)c1ccccc1OCC(=O)ON1CCN(C2CCNCC2)CC1.Cl.Cl.Cl. The molecular weight excluding hydrogens is 441 g/mol. The van der Waals surface area contributed by atoms with Crippen LogP contribution in [0.4, 0.5) is 0 Å². The Morgan fingerprint density at radius 3 is 2.28 bits per heavy atom. The fourth-order valence-corrected chi connectivity index (χ4v) is 3.52. The number of piperidine rings is 1. The minimum Gasteiger partial charge on any atom is -0.481 e.